The second-order valence-electron chi connectivity index (χ2n) is 11.7. The Labute approximate surface area is 164 Å². The van der Waals surface area contributed by atoms with Gasteiger partial charge in [-0.2, -0.15) is 0 Å². The van der Waals surface area contributed by atoms with Crippen LogP contribution in [0.1, 0.15) is 92.9 Å². The minimum atomic E-state index is -0.347. The quantitative estimate of drug-likeness (QED) is 0.707. The topological polar surface area (TPSA) is 54.4 Å². The van der Waals surface area contributed by atoms with Crippen molar-refractivity contribution in [3.05, 3.63) is 0 Å². The maximum Gasteiger partial charge on any atom is 0.140 e. The highest BCUT2D eigenvalue weighted by molar-refractivity contribution is 5.90. The van der Waals surface area contributed by atoms with Crippen LogP contribution in [0.5, 0.6) is 0 Å². The lowest BCUT2D eigenvalue weighted by Crippen LogP contribution is -2.69. The van der Waals surface area contributed by atoms with Gasteiger partial charge in [0.15, 0.2) is 0 Å². The summed E-state index contributed by atoms with van der Waals surface area (Å²) in [4.78, 5) is 26.4. The first kappa shape index (κ1) is 19.6. The number of fused-ring (bicyclic) bond motifs is 5. The number of hydrogen-bond donors (Lipinski definition) is 1. The summed E-state index contributed by atoms with van der Waals surface area (Å²) in [5.41, 5.74) is -0.545. The Morgan fingerprint density at radius 3 is 2.26 bits per heavy atom. The Morgan fingerprint density at radius 2 is 1.63 bits per heavy atom. The number of carbonyl (C=O) groups is 2. The Hall–Kier alpha value is -0.700. The average molecular weight is 375 g/mol. The summed E-state index contributed by atoms with van der Waals surface area (Å²) in [7, 11) is 0. The van der Waals surface area contributed by atoms with Crippen LogP contribution >= 0.6 is 0 Å². The molecule has 4 saturated carbocycles. The van der Waals surface area contributed by atoms with Crippen LogP contribution in [0.3, 0.4) is 0 Å². The first-order chi connectivity index (χ1) is 12.4. The molecule has 8 atom stereocenters. The molecule has 1 N–H and O–H groups in total. The summed E-state index contributed by atoms with van der Waals surface area (Å²) in [6, 6.07) is 0. The van der Waals surface area contributed by atoms with Gasteiger partial charge in [-0.15, -0.1) is 0 Å². The van der Waals surface area contributed by atoms with Gasteiger partial charge in [-0.1, -0.05) is 34.6 Å². The predicted octanol–water partition coefficient (Wildman–Crippen LogP) is 4.94. The number of aliphatic hydroxyl groups excluding tert-OH is 1. The van der Waals surface area contributed by atoms with E-state index in [0.717, 1.165) is 44.9 Å². The van der Waals surface area contributed by atoms with Crippen LogP contribution < -0.4 is 0 Å². The van der Waals surface area contributed by atoms with Crippen LogP contribution in [0, 0.1) is 38.9 Å². The Morgan fingerprint density at radius 1 is 0.963 bits per heavy atom. The fourth-order valence-electron chi connectivity index (χ4n) is 8.98. The third-order valence-electron chi connectivity index (χ3n) is 11.2. The van der Waals surface area contributed by atoms with E-state index in [2.05, 4.69) is 34.6 Å². The molecule has 4 rings (SSSR count). The van der Waals surface area contributed by atoms with E-state index < -0.39 is 0 Å². The van der Waals surface area contributed by atoms with Crippen molar-refractivity contribution >= 4 is 11.6 Å². The SMILES string of the molecule is CC(=O)[C@H]1CC[C@@]2(C)[C@@H]3CC[C@@]4(C)C[C@H](O)CC[C@]4(C)[C@@]3(C)C(=O)C[C@]12C. The van der Waals surface area contributed by atoms with Gasteiger partial charge in [0.05, 0.1) is 6.10 Å². The normalized spacial score (nSPS) is 57.6. The van der Waals surface area contributed by atoms with Crippen molar-refractivity contribution in [2.75, 3.05) is 0 Å². The number of rotatable bonds is 1. The molecule has 3 heteroatoms. The van der Waals surface area contributed by atoms with E-state index in [1.807, 2.05) is 0 Å². The van der Waals surface area contributed by atoms with E-state index in [9.17, 15) is 14.7 Å². The van der Waals surface area contributed by atoms with Gasteiger partial charge >= 0.3 is 0 Å². The Balaban J connectivity index is 1.84. The van der Waals surface area contributed by atoms with Crippen molar-refractivity contribution in [1.82, 2.24) is 0 Å². The summed E-state index contributed by atoms with van der Waals surface area (Å²) in [6.45, 7) is 13.3. The zero-order chi connectivity index (χ0) is 20.0. The monoisotopic (exact) mass is 374 g/mol. The highest BCUT2D eigenvalue weighted by Gasteiger charge is 2.75. The van der Waals surface area contributed by atoms with Crippen LogP contribution in [0.15, 0.2) is 0 Å². The van der Waals surface area contributed by atoms with Crippen LogP contribution in [-0.4, -0.2) is 22.8 Å². The smallest absolute Gasteiger partial charge is 0.140 e. The number of hydrogen-bond acceptors (Lipinski definition) is 3. The van der Waals surface area contributed by atoms with E-state index in [1.165, 1.54) is 0 Å². The summed E-state index contributed by atoms with van der Waals surface area (Å²) in [5.74, 6) is 1.04. The number of carbonyl (C=O) groups excluding carboxylic acids is 2. The first-order valence-electron chi connectivity index (χ1n) is 11.1. The first-order valence-corrected chi connectivity index (χ1v) is 11.1. The minimum absolute atomic E-state index is 0.0221. The molecule has 152 valence electrons. The van der Waals surface area contributed by atoms with Crippen LogP contribution in [0.25, 0.3) is 0 Å². The third-order valence-corrected chi connectivity index (χ3v) is 11.2. The van der Waals surface area contributed by atoms with Gasteiger partial charge in [-0.3, -0.25) is 9.59 Å². The molecular formula is C24H38O3. The van der Waals surface area contributed by atoms with E-state index in [4.69, 9.17) is 0 Å². The van der Waals surface area contributed by atoms with Crippen LogP contribution in [-0.2, 0) is 9.59 Å². The molecule has 4 aliphatic carbocycles. The number of aliphatic hydroxyl groups is 1. The molecule has 0 spiro atoms. The van der Waals surface area contributed by atoms with Gasteiger partial charge in [-0.25, -0.2) is 0 Å². The van der Waals surface area contributed by atoms with E-state index in [1.54, 1.807) is 6.92 Å². The van der Waals surface area contributed by atoms with Gasteiger partial charge in [0.2, 0.25) is 0 Å². The molecule has 0 heterocycles. The van der Waals surface area contributed by atoms with Crippen LogP contribution in [0.4, 0.5) is 0 Å². The Bertz CT molecular complexity index is 700. The average Bonchev–Trinajstić information content (AvgIpc) is 2.82. The molecule has 27 heavy (non-hydrogen) atoms. The molecule has 0 aromatic heterocycles. The zero-order valence-corrected chi connectivity index (χ0v) is 18.2. The molecule has 0 amide bonds. The van der Waals surface area contributed by atoms with Gasteiger partial charge in [0.1, 0.15) is 11.6 Å². The maximum absolute atomic E-state index is 13.9. The summed E-state index contributed by atoms with van der Waals surface area (Å²) >= 11 is 0. The molecule has 0 aliphatic heterocycles. The molecule has 0 aromatic rings. The van der Waals surface area contributed by atoms with Crippen molar-refractivity contribution in [3.8, 4) is 0 Å². The van der Waals surface area contributed by atoms with Crippen molar-refractivity contribution in [3.63, 3.8) is 0 Å². The van der Waals surface area contributed by atoms with E-state index in [0.29, 0.717) is 18.1 Å². The Kier molecular flexibility index (Phi) is 3.97. The largest absolute Gasteiger partial charge is 0.393 e. The standard InChI is InChI=1S/C24H38O3/c1-15(25)17-8-11-21(3)18-9-10-20(2)13-16(26)7-12-23(20,5)24(18,6)19(27)14-22(17,21)4/h16-18,26H,7-14H2,1-6H3/t16-,17-,18+,20+,21+,22-,23+,24-/m1/s1. The second kappa shape index (κ2) is 5.46. The van der Waals surface area contributed by atoms with Crippen molar-refractivity contribution < 1.29 is 14.7 Å². The molecule has 0 unspecified atom stereocenters. The lowest BCUT2D eigenvalue weighted by atomic mass is 9.32. The summed E-state index contributed by atoms with van der Waals surface area (Å²) in [5, 5.41) is 10.4. The van der Waals surface area contributed by atoms with Gasteiger partial charge < -0.3 is 5.11 Å². The van der Waals surface area contributed by atoms with Crippen molar-refractivity contribution in [1.29, 1.82) is 0 Å². The number of Topliss-reactive ketones (excluding diaryl/α,β-unsaturated/α-hetero) is 2. The lowest BCUT2D eigenvalue weighted by Gasteiger charge is -2.71. The summed E-state index contributed by atoms with van der Waals surface area (Å²) < 4.78 is 0. The molecular weight excluding hydrogens is 336 g/mol. The lowest BCUT2D eigenvalue weighted by molar-refractivity contribution is -0.231. The van der Waals surface area contributed by atoms with Crippen LogP contribution in [0.2, 0.25) is 0 Å². The maximum atomic E-state index is 13.9. The fourth-order valence-corrected chi connectivity index (χ4v) is 8.98. The highest BCUT2D eigenvalue weighted by Crippen LogP contribution is 2.78. The fraction of sp³-hybridized carbons (Fsp3) is 0.917. The molecule has 0 radical (unpaired) electrons. The molecule has 3 nitrogen and oxygen atoms in total. The molecule has 0 saturated heterocycles. The molecule has 4 aliphatic rings. The predicted molar refractivity (Wildman–Crippen MR) is 106 cm³/mol. The van der Waals surface area contributed by atoms with Crippen molar-refractivity contribution in [2.45, 2.75) is 99.0 Å². The van der Waals surface area contributed by atoms with Gasteiger partial charge in [0.25, 0.3) is 0 Å². The summed E-state index contributed by atoms with van der Waals surface area (Å²) in [6.07, 6.45) is 7.04. The van der Waals surface area contributed by atoms with Gasteiger partial charge in [0, 0.05) is 17.8 Å². The third kappa shape index (κ3) is 2.03. The second-order valence-corrected chi connectivity index (χ2v) is 11.7. The van der Waals surface area contributed by atoms with E-state index >= 15 is 0 Å². The zero-order valence-electron chi connectivity index (χ0n) is 18.2. The molecule has 4 fully saturated rings. The minimum Gasteiger partial charge on any atom is -0.393 e. The number of ketones is 2. The highest BCUT2D eigenvalue weighted by atomic mass is 16.3. The van der Waals surface area contributed by atoms with Crippen molar-refractivity contribution in [2.24, 2.45) is 38.9 Å². The van der Waals surface area contributed by atoms with Gasteiger partial charge in [-0.05, 0) is 79.4 Å². The van der Waals surface area contributed by atoms with E-state index in [-0.39, 0.29) is 44.9 Å². The molecule has 0 bridgehead atoms. The molecule has 0 aromatic carbocycles.